The quantitative estimate of drug-likeness (QED) is 0.588. The Bertz CT molecular complexity index is 556. The molecule has 1 aliphatic rings. The highest BCUT2D eigenvalue weighted by Gasteiger charge is 2.13. The van der Waals surface area contributed by atoms with Gasteiger partial charge in [-0.1, -0.05) is 24.3 Å². The van der Waals surface area contributed by atoms with E-state index in [0.29, 0.717) is 0 Å². The Morgan fingerprint density at radius 3 is 2.32 bits per heavy atom. The molecule has 1 aliphatic heterocycles. The molecule has 0 amide bonds. The molecule has 0 atom stereocenters. The van der Waals surface area contributed by atoms with Crippen LogP contribution in [0.4, 0.5) is 0 Å². The first kappa shape index (κ1) is 20.7. The average molecular weight is 350 g/mol. The molecule has 0 unspecified atom stereocenters. The molecule has 2 rings (SSSR count). The number of allylic oxidation sites excluding steroid dienone is 1. The van der Waals surface area contributed by atoms with Gasteiger partial charge in [-0.3, -0.25) is 4.90 Å². The summed E-state index contributed by atoms with van der Waals surface area (Å²) in [5.41, 5.74) is 1.22. The van der Waals surface area contributed by atoms with Gasteiger partial charge in [-0.25, -0.2) is 9.59 Å². The minimum Gasteiger partial charge on any atom is -0.492 e. The van der Waals surface area contributed by atoms with Crippen LogP contribution in [0, 0.1) is 0 Å². The Hall–Kier alpha value is -2.38. The molecule has 1 heterocycles. The number of likely N-dealkylation sites (N-methyl/N-ethyl adjacent to an activating group) is 1. The molecule has 1 saturated heterocycles. The van der Waals surface area contributed by atoms with Gasteiger partial charge in [0.1, 0.15) is 12.4 Å². The fourth-order valence-corrected chi connectivity index (χ4v) is 2.32. The molecular weight excluding hydrogens is 324 g/mol. The van der Waals surface area contributed by atoms with Gasteiger partial charge < -0.3 is 19.8 Å². The summed E-state index contributed by atoms with van der Waals surface area (Å²) in [5.74, 6) is -2.65. The number of nitrogens with zero attached hydrogens (tertiary/aromatic N) is 2. The van der Waals surface area contributed by atoms with Crippen molar-refractivity contribution in [2.45, 2.75) is 6.42 Å². The monoisotopic (exact) mass is 350 g/mol. The van der Waals surface area contributed by atoms with Crippen LogP contribution >= 0.6 is 0 Å². The van der Waals surface area contributed by atoms with E-state index in [-0.39, 0.29) is 0 Å². The molecular formula is C18H26N2O5. The van der Waals surface area contributed by atoms with Crippen LogP contribution < -0.4 is 4.74 Å². The molecule has 0 aliphatic carbocycles. The standard InChI is InChI=1S/C16H24N2O.C2H2O4/c1-3-6-15-7-4-5-8-16(15)19-14-13-18-11-9-17(2)10-12-18;3-1(4)2(5)6/h3-5,7-8H,1,6,9-14H2,2H3;(H,3,4)(H,5,6). The predicted octanol–water partition coefficient (Wildman–Crippen LogP) is 1.20. The Morgan fingerprint density at radius 1 is 1.16 bits per heavy atom. The summed E-state index contributed by atoms with van der Waals surface area (Å²) in [6, 6.07) is 8.22. The largest absolute Gasteiger partial charge is 0.492 e. The van der Waals surface area contributed by atoms with Gasteiger partial charge in [0.25, 0.3) is 0 Å². The maximum Gasteiger partial charge on any atom is 0.414 e. The molecule has 0 bridgehead atoms. The maximum absolute atomic E-state index is 9.10. The second-order valence-corrected chi connectivity index (χ2v) is 5.70. The predicted molar refractivity (Wildman–Crippen MR) is 95.0 cm³/mol. The van der Waals surface area contributed by atoms with Gasteiger partial charge in [0, 0.05) is 32.7 Å². The lowest BCUT2D eigenvalue weighted by Gasteiger charge is -2.32. The Kier molecular flexibility index (Phi) is 9.28. The molecule has 1 aromatic rings. The smallest absolute Gasteiger partial charge is 0.414 e. The molecule has 0 radical (unpaired) electrons. The number of hydrogen-bond donors (Lipinski definition) is 2. The normalized spacial score (nSPS) is 14.9. The number of aliphatic carboxylic acids is 2. The molecule has 25 heavy (non-hydrogen) atoms. The fraction of sp³-hybridized carbons (Fsp3) is 0.444. The average Bonchev–Trinajstić information content (AvgIpc) is 2.59. The Labute approximate surface area is 148 Å². The summed E-state index contributed by atoms with van der Waals surface area (Å²) in [6.07, 6.45) is 2.79. The summed E-state index contributed by atoms with van der Waals surface area (Å²) < 4.78 is 5.92. The lowest BCUT2D eigenvalue weighted by Crippen LogP contribution is -2.45. The van der Waals surface area contributed by atoms with Crippen LogP contribution in [-0.4, -0.2) is 78.3 Å². The van der Waals surface area contributed by atoms with Crippen molar-refractivity contribution in [1.82, 2.24) is 9.80 Å². The van der Waals surface area contributed by atoms with Crippen LogP contribution in [0.2, 0.25) is 0 Å². The third-order valence-electron chi connectivity index (χ3n) is 3.78. The number of carboxylic acids is 2. The van der Waals surface area contributed by atoms with Crippen molar-refractivity contribution in [3.63, 3.8) is 0 Å². The van der Waals surface area contributed by atoms with E-state index >= 15 is 0 Å². The van der Waals surface area contributed by atoms with E-state index < -0.39 is 11.9 Å². The van der Waals surface area contributed by atoms with Crippen molar-refractivity contribution in [2.24, 2.45) is 0 Å². The summed E-state index contributed by atoms with van der Waals surface area (Å²) in [6.45, 7) is 10.2. The number of rotatable bonds is 6. The molecule has 2 N–H and O–H groups in total. The van der Waals surface area contributed by atoms with Crippen LogP contribution in [0.1, 0.15) is 5.56 Å². The number of piperazine rings is 1. The molecule has 138 valence electrons. The van der Waals surface area contributed by atoms with Crippen LogP contribution in [0.5, 0.6) is 5.75 Å². The zero-order chi connectivity index (χ0) is 18.7. The minimum atomic E-state index is -1.82. The van der Waals surface area contributed by atoms with Crippen molar-refractivity contribution in [3.8, 4) is 5.75 Å². The Morgan fingerprint density at radius 2 is 1.76 bits per heavy atom. The lowest BCUT2D eigenvalue weighted by atomic mass is 10.1. The SMILES string of the molecule is C=CCc1ccccc1OCCN1CCN(C)CC1.O=C(O)C(=O)O. The second-order valence-electron chi connectivity index (χ2n) is 5.70. The number of benzene rings is 1. The number of carbonyl (C=O) groups is 2. The maximum atomic E-state index is 9.10. The third kappa shape index (κ3) is 8.32. The van der Waals surface area contributed by atoms with E-state index in [1.165, 1.54) is 5.56 Å². The van der Waals surface area contributed by atoms with Crippen LogP contribution in [0.15, 0.2) is 36.9 Å². The van der Waals surface area contributed by atoms with E-state index in [1.54, 1.807) is 0 Å². The molecule has 7 heteroatoms. The second kappa shape index (κ2) is 11.2. The van der Waals surface area contributed by atoms with E-state index in [9.17, 15) is 0 Å². The van der Waals surface area contributed by atoms with Gasteiger partial charge in [0.05, 0.1) is 0 Å². The summed E-state index contributed by atoms with van der Waals surface area (Å²) >= 11 is 0. The molecule has 1 fully saturated rings. The van der Waals surface area contributed by atoms with Gasteiger partial charge in [0.15, 0.2) is 0 Å². The first-order valence-corrected chi connectivity index (χ1v) is 8.12. The highest BCUT2D eigenvalue weighted by molar-refractivity contribution is 6.27. The molecule has 0 spiro atoms. The van der Waals surface area contributed by atoms with Crippen LogP contribution in [0.3, 0.4) is 0 Å². The summed E-state index contributed by atoms with van der Waals surface area (Å²) in [7, 11) is 2.18. The zero-order valence-electron chi connectivity index (χ0n) is 14.6. The molecule has 0 aromatic heterocycles. The van der Waals surface area contributed by atoms with Crippen molar-refractivity contribution < 1.29 is 24.5 Å². The van der Waals surface area contributed by atoms with E-state index in [2.05, 4.69) is 29.5 Å². The Balaban J connectivity index is 0.000000450. The summed E-state index contributed by atoms with van der Waals surface area (Å²) in [4.78, 5) is 23.0. The van der Waals surface area contributed by atoms with Crippen molar-refractivity contribution in [1.29, 1.82) is 0 Å². The van der Waals surface area contributed by atoms with Crippen molar-refractivity contribution in [3.05, 3.63) is 42.5 Å². The van der Waals surface area contributed by atoms with Crippen LogP contribution in [0.25, 0.3) is 0 Å². The van der Waals surface area contributed by atoms with Gasteiger partial charge in [0.2, 0.25) is 0 Å². The number of para-hydroxylation sites is 1. The van der Waals surface area contributed by atoms with Gasteiger partial charge in [-0.2, -0.15) is 0 Å². The highest BCUT2D eigenvalue weighted by Crippen LogP contribution is 2.18. The first-order chi connectivity index (χ1) is 11.9. The van der Waals surface area contributed by atoms with E-state index in [0.717, 1.165) is 51.5 Å². The number of ether oxygens (including phenoxy) is 1. The molecule has 0 saturated carbocycles. The van der Waals surface area contributed by atoms with Gasteiger partial charge in [-0.15, -0.1) is 6.58 Å². The van der Waals surface area contributed by atoms with E-state index in [1.807, 2.05) is 24.3 Å². The van der Waals surface area contributed by atoms with Gasteiger partial charge >= 0.3 is 11.9 Å². The lowest BCUT2D eigenvalue weighted by molar-refractivity contribution is -0.159. The fourth-order valence-electron chi connectivity index (χ4n) is 2.32. The first-order valence-electron chi connectivity index (χ1n) is 8.12. The van der Waals surface area contributed by atoms with Gasteiger partial charge in [-0.05, 0) is 25.1 Å². The highest BCUT2D eigenvalue weighted by atomic mass is 16.5. The number of carboxylic acid groups (broad SMARTS) is 2. The van der Waals surface area contributed by atoms with Crippen LogP contribution in [-0.2, 0) is 16.0 Å². The number of hydrogen-bond acceptors (Lipinski definition) is 5. The molecule has 1 aromatic carbocycles. The third-order valence-corrected chi connectivity index (χ3v) is 3.78. The molecule has 7 nitrogen and oxygen atoms in total. The zero-order valence-corrected chi connectivity index (χ0v) is 14.6. The van der Waals surface area contributed by atoms with E-state index in [4.69, 9.17) is 24.5 Å². The topological polar surface area (TPSA) is 90.3 Å². The van der Waals surface area contributed by atoms with Crippen molar-refractivity contribution in [2.75, 3.05) is 46.4 Å². The summed E-state index contributed by atoms with van der Waals surface area (Å²) in [5, 5.41) is 14.8. The minimum absolute atomic E-state index is 0.762. The van der Waals surface area contributed by atoms with Crippen molar-refractivity contribution >= 4 is 11.9 Å².